The monoisotopic (exact) mass is 177 g/mol. The lowest BCUT2D eigenvalue weighted by Gasteiger charge is -2.05. The molecule has 2 heteroatoms. The molecular formula is C11H15NO. The molecule has 0 aliphatic carbocycles. The van der Waals surface area contributed by atoms with E-state index in [0.717, 1.165) is 12.8 Å². The van der Waals surface area contributed by atoms with Crippen molar-refractivity contribution in [1.82, 2.24) is 0 Å². The van der Waals surface area contributed by atoms with E-state index >= 15 is 0 Å². The first-order valence-electron chi connectivity index (χ1n) is 4.79. The molecule has 0 saturated carbocycles. The summed E-state index contributed by atoms with van der Waals surface area (Å²) in [5, 5.41) is 12.3. The molecule has 2 N–H and O–H groups in total. The summed E-state index contributed by atoms with van der Waals surface area (Å²) >= 11 is 0. The fourth-order valence-corrected chi connectivity index (χ4v) is 1.99. The summed E-state index contributed by atoms with van der Waals surface area (Å²) in [5.74, 6) is 0. The number of rotatable bonds is 2. The van der Waals surface area contributed by atoms with Crippen molar-refractivity contribution in [3.63, 3.8) is 0 Å². The molecule has 2 nitrogen and oxygen atoms in total. The maximum absolute atomic E-state index is 8.90. The van der Waals surface area contributed by atoms with Crippen LogP contribution in [0, 0.1) is 0 Å². The van der Waals surface area contributed by atoms with Crippen molar-refractivity contribution in [1.29, 1.82) is 0 Å². The molecule has 0 aromatic heterocycles. The summed E-state index contributed by atoms with van der Waals surface area (Å²) < 4.78 is 0. The van der Waals surface area contributed by atoms with Gasteiger partial charge in [0.05, 0.1) is 0 Å². The topological polar surface area (TPSA) is 32.3 Å². The predicted octanol–water partition coefficient (Wildman–Crippen LogP) is 1.58. The van der Waals surface area contributed by atoms with Crippen LogP contribution in [0.4, 0.5) is 5.69 Å². The van der Waals surface area contributed by atoms with E-state index in [4.69, 9.17) is 5.11 Å². The highest BCUT2D eigenvalue weighted by Crippen LogP contribution is 2.28. The van der Waals surface area contributed by atoms with Gasteiger partial charge in [0.15, 0.2) is 0 Å². The van der Waals surface area contributed by atoms with Gasteiger partial charge in [0.1, 0.15) is 0 Å². The van der Waals surface area contributed by atoms with Gasteiger partial charge in [-0.2, -0.15) is 0 Å². The molecule has 1 aliphatic rings. The second kappa shape index (κ2) is 3.38. The van der Waals surface area contributed by atoms with E-state index in [1.807, 2.05) is 0 Å². The predicted molar refractivity (Wildman–Crippen MR) is 54.0 cm³/mol. The summed E-state index contributed by atoms with van der Waals surface area (Å²) in [5.41, 5.74) is 3.93. The molecule has 1 aromatic carbocycles. The molecule has 1 aliphatic heterocycles. The van der Waals surface area contributed by atoms with E-state index < -0.39 is 0 Å². The Bertz CT molecular complexity index is 309. The fourth-order valence-electron chi connectivity index (χ4n) is 1.99. The minimum atomic E-state index is 0.241. The number of aliphatic hydroxyl groups is 1. The van der Waals surface area contributed by atoms with E-state index in [1.165, 1.54) is 16.8 Å². The Kier molecular flexibility index (Phi) is 2.23. The average molecular weight is 177 g/mol. The first-order valence-corrected chi connectivity index (χ1v) is 4.79. The maximum Gasteiger partial charge on any atom is 0.0471 e. The Labute approximate surface area is 78.6 Å². The van der Waals surface area contributed by atoms with Gasteiger partial charge in [-0.1, -0.05) is 12.1 Å². The first-order chi connectivity index (χ1) is 6.31. The van der Waals surface area contributed by atoms with E-state index in [2.05, 4.69) is 30.4 Å². The molecule has 2 rings (SSSR count). The lowest BCUT2D eigenvalue weighted by molar-refractivity contribution is 0.299. The van der Waals surface area contributed by atoms with Crippen LogP contribution in [-0.2, 0) is 12.8 Å². The van der Waals surface area contributed by atoms with Crippen molar-refractivity contribution in [3.05, 3.63) is 29.3 Å². The van der Waals surface area contributed by atoms with E-state index in [9.17, 15) is 0 Å². The van der Waals surface area contributed by atoms with Gasteiger partial charge in [-0.15, -0.1) is 0 Å². The van der Waals surface area contributed by atoms with Crippen LogP contribution in [0.2, 0.25) is 0 Å². The second-order valence-corrected chi connectivity index (χ2v) is 3.67. The fraction of sp³-hybridized carbons (Fsp3) is 0.455. The van der Waals surface area contributed by atoms with Crippen LogP contribution >= 0.6 is 0 Å². The minimum Gasteiger partial charge on any atom is -0.396 e. The quantitative estimate of drug-likeness (QED) is 0.718. The van der Waals surface area contributed by atoms with Crippen LogP contribution < -0.4 is 5.32 Å². The van der Waals surface area contributed by atoms with Crippen LogP contribution in [0.3, 0.4) is 0 Å². The number of anilines is 1. The van der Waals surface area contributed by atoms with E-state index in [0.29, 0.717) is 6.04 Å². The summed E-state index contributed by atoms with van der Waals surface area (Å²) in [6, 6.07) is 6.80. The van der Waals surface area contributed by atoms with Gasteiger partial charge in [-0.25, -0.2) is 0 Å². The van der Waals surface area contributed by atoms with Crippen molar-refractivity contribution in [2.75, 3.05) is 11.9 Å². The smallest absolute Gasteiger partial charge is 0.0471 e. The molecule has 1 unspecified atom stereocenters. The van der Waals surface area contributed by atoms with Crippen LogP contribution in [0.1, 0.15) is 18.1 Å². The Morgan fingerprint density at radius 2 is 2.38 bits per heavy atom. The highest BCUT2D eigenvalue weighted by molar-refractivity contribution is 5.59. The van der Waals surface area contributed by atoms with E-state index in [1.54, 1.807) is 0 Å². The lowest BCUT2D eigenvalue weighted by Crippen LogP contribution is -2.08. The Morgan fingerprint density at radius 3 is 3.15 bits per heavy atom. The number of nitrogens with one attached hydrogen (secondary N) is 1. The second-order valence-electron chi connectivity index (χ2n) is 3.67. The molecular weight excluding hydrogens is 162 g/mol. The van der Waals surface area contributed by atoms with Gasteiger partial charge < -0.3 is 10.4 Å². The zero-order chi connectivity index (χ0) is 9.26. The number of aliphatic hydroxyl groups excluding tert-OH is 1. The maximum atomic E-state index is 8.90. The zero-order valence-electron chi connectivity index (χ0n) is 7.88. The molecule has 70 valence electrons. The first kappa shape index (κ1) is 8.57. The number of hydrogen-bond donors (Lipinski definition) is 2. The normalized spacial score (nSPS) is 19.7. The largest absolute Gasteiger partial charge is 0.396 e. The van der Waals surface area contributed by atoms with Crippen LogP contribution in [0.15, 0.2) is 18.2 Å². The number of hydrogen-bond acceptors (Lipinski definition) is 2. The Balaban J connectivity index is 2.34. The summed E-state index contributed by atoms with van der Waals surface area (Å²) in [7, 11) is 0. The molecule has 0 radical (unpaired) electrons. The SMILES string of the molecule is CC1Cc2c(CCO)cccc2N1. The van der Waals surface area contributed by atoms with Crippen molar-refractivity contribution in [2.24, 2.45) is 0 Å². The van der Waals surface area contributed by atoms with Crippen molar-refractivity contribution >= 4 is 5.69 Å². The molecule has 0 bridgehead atoms. The van der Waals surface area contributed by atoms with Gasteiger partial charge in [0, 0.05) is 18.3 Å². The molecule has 0 spiro atoms. The molecule has 0 saturated heterocycles. The zero-order valence-corrected chi connectivity index (χ0v) is 7.88. The standard InChI is InChI=1S/C11H15NO/c1-8-7-10-9(5-6-13)3-2-4-11(10)12-8/h2-4,8,12-13H,5-7H2,1H3. The van der Waals surface area contributed by atoms with Gasteiger partial charge in [-0.05, 0) is 37.0 Å². The third kappa shape index (κ3) is 1.54. The van der Waals surface area contributed by atoms with Crippen molar-refractivity contribution in [3.8, 4) is 0 Å². The van der Waals surface area contributed by atoms with Crippen LogP contribution in [-0.4, -0.2) is 17.8 Å². The van der Waals surface area contributed by atoms with E-state index in [-0.39, 0.29) is 6.61 Å². The van der Waals surface area contributed by atoms with Crippen LogP contribution in [0.5, 0.6) is 0 Å². The van der Waals surface area contributed by atoms with Crippen LogP contribution in [0.25, 0.3) is 0 Å². The number of benzene rings is 1. The molecule has 0 amide bonds. The number of fused-ring (bicyclic) bond motifs is 1. The van der Waals surface area contributed by atoms with Gasteiger partial charge >= 0.3 is 0 Å². The van der Waals surface area contributed by atoms with Gasteiger partial charge in [0.25, 0.3) is 0 Å². The summed E-state index contributed by atoms with van der Waals surface area (Å²) in [6.07, 6.45) is 1.86. The van der Waals surface area contributed by atoms with Crippen molar-refractivity contribution in [2.45, 2.75) is 25.8 Å². The third-order valence-electron chi connectivity index (χ3n) is 2.57. The Morgan fingerprint density at radius 1 is 1.54 bits per heavy atom. The highest BCUT2D eigenvalue weighted by atomic mass is 16.2. The molecule has 1 heterocycles. The lowest BCUT2D eigenvalue weighted by atomic mass is 10.0. The molecule has 0 fully saturated rings. The van der Waals surface area contributed by atoms with Gasteiger partial charge in [0.2, 0.25) is 0 Å². The molecule has 1 atom stereocenters. The van der Waals surface area contributed by atoms with Crippen molar-refractivity contribution < 1.29 is 5.11 Å². The summed E-state index contributed by atoms with van der Waals surface area (Å²) in [4.78, 5) is 0. The summed E-state index contributed by atoms with van der Waals surface area (Å²) in [6.45, 7) is 2.42. The Hall–Kier alpha value is -1.02. The average Bonchev–Trinajstić information content (AvgIpc) is 2.47. The minimum absolute atomic E-state index is 0.241. The van der Waals surface area contributed by atoms with Gasteiger partial charge in [-0.3, -0.25) is 0 Å². The third-order valence-corrected chi connectivity index (χ3v) is 2.57. The highest BCUT2D eigenvalue weighted by Gasteiger charge is 2.18. The molecule has 13 heavy (non-hydrogen) atoms. The molecule has 1 aromatic rings.